The quantitative estimate of drug-likeness (QED) is 0.485. The Hall–Kier alpha value is -4.64. The molecule has 0 unspecified atom stereocenters. The summed E-state index contributed by atoms with van der Waals surface area (Å²) >= 11 is 0. The van der Waals surface area contributed by atoms with Gasteiger partial charge in [0.15, 0.2) is 0 Å². The standard InChI is InChI=1S/C23H16N4O4/c24-14-15-6-11-20-19(12-15)26-23(30)27(20)22(29)13-21(28)25-16-7-9-18(10-8-16)31-17-4-2-1-3-5-17/h1-12H,13H2,(H,25,28)(H,26,30). The number of nitrogens with one attached hydrogen (secondary N) is 2. The highest BCUT2D eigenvalue weighted by Crippen LogP contribution is 2.22. The predicted octanol–water partition coefficient (Wildman–Crippen LogP) is 3.66. The molecule has 0 aliphatic carbocycles. The fourth-order valence-electron chi connectivity index (χ4n) is 3.08. The van der Waals surface area contributed by atoms with Crippen LogP contribution in [-0.4, -0.2) is 21.4 Å². The number of hydrogen-bond donors (Lipinski definition) is 2. The van der Waals surface area contributed by atoms with Crippen LogP contribution in [-0.2, 0) is 4.79 Å². The third kappa shape index (κ3) is 4.36. The number of benzene rings is 3. The molecule has 3 aromatic carbocycles. The molecule has 0 spiro atoms. The lowest BCUT2D eigenvalue weighted by molar-refractivity contribution is -0.115. The number of imidazole rings is 1. The van der Waals surface area contributed by atoms with Gasteiger partial charge in [0, 0.05) is 5.69 Å². The fourth-order valence-corrected chi connectivity index (χ4v) is 3.08. The van der Waals surface area contributed by atoms with Crippen LogP contribution in [0, 0.1) is 11.3 Å². The summed E-state index contributed by atoms with van der Waals surface area (Å²) in [5.74, 6) is 0.0532. The summed E-state index contributed by atoms with van der Waals surface area (Å²) in [7, 11) is 0. The molecule has 0 atom stereocenters. The second-order valence-electron chi connectivity index (χ2n) is 6.67. The van der Waals surface area contributed by atoms with E-state index >= 15 is 0 Å². The molecule has 0 aliphatic heterocycles. The van der Waals surface area contributed by atoms with Gasteiger partial charge in [0.1, 0.15) is 17.9 Å². The molecule has 0 aliphatic rings. The monoisotopic (exact) mass is 412 g/mol. The van der Waals surface area contributed by atoms with Crippen LogP contribution in [0.2, 0.25) is 0 Å². The summed E-state index contributed by atoms with van der Waals surface area (Å²) < 4.78 is 6.59. The van der Waals surface area contributed by atoms with Gasteiger partial charge >= 0.3 is 5.69 Å². The lowest BCUT2D eigenvalue weighted by atomic mass is 10.2. The van der Waals surface area contributed by atoms with E-state index in [0.29, 0.717) is 33.8 Å². The molecule has 4 aromatic rings. The van der Waals surface area contributed by atoms with Crippen molar-refractivity contribution in [2.75, 3.05) is 5.32 Å². The molecule has 0 saturated heterocycles. The lowest BCUT2D eigenvalue weighted by Crippen LogP contribution is -2.28. The van der Waals surface area contributed by atoms with Crippen molar-refractivity contribution in [3.05, 3.63) is 88.8 Å². The maximum absolute atomic E-state index is 12.6. The first-order valence-electron chi connectivity index (χ1n) is 9.34. The third-order valence-electron chi connectivity index (χ3n) is 4.49. The first kappa shape index (κ1) is 19.7. The van der Waals surface area contributed by atoms with E-state index in [-0.39, 0.29) is 0 Å². The number of amides is 1. The number of nitriles is 1. The number of aromatic nitrogens is 2. The smallest absolute Gasteiger partial charge is 0.333 e. The van der Waals surface area contributed by atoms with Gasteiger partial charge < -0.3 is 15.0 Å². The number of carbonyl (C=O) groups is 2. The van der Waals surface area contributed by atoms with E-state index in [0.717, 1.165) is 4.57 Å². The van der Waals surface area contributed by atoms with Gasteiger partial charge in [-0.2, -0.15) is 5.26 Å². The van der Waals surface area contributed by atoms with E-state index in [2.05, 4.69) is 10.3 Å². The van der Waals surface area contributed by atoms with Gasteiger partial charge in [0.05, 0.1) is 22.7 Å². The van der Waals surface area contributed by atoms with Crippen molar-refractivity contribution in [3.63, 3.8) is 0 Å². The van der Waals surface area contributed by atoms with Crippen LogP contribution in [0.5, 0.6) is 11.5 Å². The Morgan fingerprint density at radius 1 is 1.00 bits per heavy atom. The summed E-state index contributed by atoms with van der Waals surface area (Å²) in [6.07, 6.45) is -0.519. The van der Waals surface area contributed by atoms with E-state index in [1.807, 2.05) is 36.4 Å². The molecule has 0 fully saturated rings. The van der Waals surface area contributed by atoms with E-state index in [4.69, 9.17) is 10.00 Å². The summed E-state index contributed by atoms with van der Waals surface area (Å²) in [5, 5.41) is 11.6. The molecule has 1 heterocycles. The maximum atomic E-state index is 12.6. The van der Waals surface area contributed by atoms with Crippen LogP contribution < -0.4 is 15.7 Å². The first-order valence-corrected chi connectivity index (χ1v) is 9.34. The van der Waals surface area contributed by atoms with E-state index < -0.39 is 23.9 Å². The van der Waals surface area contributed by atoms with Crippen LogP contribution in [0.15, 0.2) is 77.6 Å². The second-order valence-corrected chi connectivity index (χ2v) is 6.67. The Morgan fingerprint density at radius 3 is 2.42 bits per heavy atom. The summed E-state index contributed by atoms with van der Waals surface area (Å²) in [4.78, 5) is 39.5. The number of nitrogens with zero attached hydrogens (tertiary/aromatic N) is 2. The fraction of sp³-hybridized carbons (Fsp3) is 0.0435. The molecule has 0 saturated carbocycles. The van der Waals surface area contributed by atoms with Gasteiger partial charge in [-0.3, -0.25) is 9.59 Å². The van der Waals surface area contributed by atoms with Crippen LogP contribution in [0.25, 0.3) is 11.0 Å². The van der Waals surface area contributed by atoms with Crippen molar-refractivity contribution in [3.8, 4) is 17.6 Å². The number of carbonyl (C=O) groups excluding carboxylic acids is 2. The average Bonchev–Trinajstić information content (AvgIpc) is 3.10. The van der Waals surface area contributed by atoms with Crippen LogP contribution in [0.1, 0.15) is 16.8 Å². The minimum Gasteiger partial charge on any atom is -0.457 e. The zero-order valence-electron chi connectivity index (χ0n) is 16.2. The Kier molecular flexibility index (Phi) is 5.32. The number of aromatic amines is 1. The van der Waals surface area contributed by atoms with Gasteiger partial charge in [-0.05, 0) is 54.6 Å². The Bertz CT molecular complexity index is 1360. The SMILES string of the molecule is N#Cc1ccc2c(c1)[nH]c(=O)n2C(=O)CC(=O)Nc1ccc(Oc2ccccc2)cc1. The zero-order valence-corrected chi connectivity index (χ0v) is 16.2. The molecule has 8 heteroatoms. The van der Waals surface area contributed by atoms with E-state index in [1.165, 1.54) is 18.2 Å². The van der Waals surface area contributed by atoms with Gasteiger partial charge in [-0.1, -0.05) is 18.2 Å². The molecular weight excluding hydrogens is 396 g/mol. The highest BCUT2D eigenvalue weighted by molar-refractivity contribution is 6.06. The van der Waals surface area contributed by atoms with Gasteiger partial charge in [0.25, 0.3) is 0 Å². The Morgan fingerprint density at radius 2 is 1.71 bits per heavy atom. The predicted molar refractivity (Wildman–Crippen MR) is 114 cm³/mol. The molecule has 0 radical (unpaired) electrons. The molecule has 8 nitrogen and oxygen atoms in total. The van der Waals surface area contributed by atoms with Crippen molar-refractivity contribution in [2.45, 2.75) is 6.42 Å². The molecule has 1 aromatic heterocycles. The van der Waals surface area contributed by atoms with Crippen LogP contribution in [0.4, 0.5) is 5.69 Å². The van der Waals surface area contributed by atoms with Crippen molar-refractivity contribution < 1.29 is 14.3 Å². The highest BCUT2D eigenvalue weighted by Gasteiger charge is 2.18. The normalized spacial score (nSPS) is 10.4. The van der Waals surface area contributed by atoms with Gasteiger partial charge in [0.2, 0.25) is 11.8 Å². The third-order valence-corrected chi connectivity index (χ3v) is 4.49. The van der Waals surface area contributed by atoms with Crippen molar-refractivity contribution >= 4 is 28.5 Å². The number of hydrogen-bond acceptors (Lipinski definition) is 5. The largest absolute Gasteiger partial charge is 0.457 e. The summed E-state index contributed by atoms with van der Waals surface area (Å²) in [6, 6.07) is 22.4. The molecule has 31 heavy (non-hydrogen) atoms. The number of fused-ring (bicyclic) bond motifs is 1. The first-order chi connectivity index (χ1) is 15.0. The maximum Gasteiger partial charge on any atom is 0.333 e. The molecule has 4 rings (SSSR count). The van der Waals surface area contributed by atoms with Crippen molar-refractivity contribution in [2.24, 2.45) is 0 Å². The number of anilines is 1. The molecule has 1 amide bonds. The number of ether oxygens (including phenoxy) is 1. The van der Waals surface area contributed by atoms with Crippen molar-refractivity contribution in [1.82, 2.24) is 9.55 Å². The van der Waals surface area contributed by atoms with E-state index in [1.54, 1.807) is 24.3 Å². The highest BCUT2D eigenvalue weighted by atomic mass is 16.5. The molecule has 2 N–H and O–H groups in total. The van der Waals surface area contributed by atoms with Crippen LogP contribution >= 0.6 is 0 Å². The lowest BCUT2D eigenvalue weighted by Gasteiger charge is -2.08. The summed E-state index contributed by atoms with van der Waals surface area (Å²) in [6.45, 7) is 0. The summed E-state index contributed by atoms with van der Waals surface area (Å²) in [5.41, 5.74) is 0.843. The molecular formula is C23H16N4O4. The molecule has 0 bridgehead atoms. The number of H-pyrrole nitrogens is 1. The number of para-hydroxylation sites is 1. The van der Waals surface area contributed by atoms with Gasteiger partial charge in [-0.25, -0.2) is 9.36 Å². The van der Waals surface area contributed by atoms with Crippen LogP contribution in [0.3, 0.4) is 0 Å². The second kappa shape index (κ2) is 8.39. The Balaban J connectivity index is 1.42. The van der Waals surface area contributed by atoms with E-state index in [9.17, 15) is 14.4 Å². The number of rotatable bonds is 5. The van der Waals surface area contributed by atoms with Crippen molar-refractivity contribution in [1.29, 1.82) is 5.26 Å². The molecule has 152 valence electrons. The topological polar surface area (TPSA) is 117 Å². The Labute approximate surface area is 176 Å². The average molecular weight is 412 g/mol. The minimum atomic E-state index is -0.678. The minimum absolute atomic E-state index is 0.309. The van der Waals surface area contributed by atoms with Gasteiger partial charge in [-0.15, -0.1) is 0 Å². The zero-order chi connectivity index (χ0) is 21.8.